The fourth-order valence-electron chi connectivity index (χ4n) is 5.47. The minimum Gasteiger partial charge on any atom is -0.338 e. The fourth-order valence-corrected chi connectivity index (χ4v) is 5.47. The summed E-state index contributed by atoms with van der Waals surface area (Å²) in [4.78, 5) is 47.6. The van der Waals surface area contributed by atoms with Crippen molar-refractivity contribution in [2.45, 2.75) is 38.8 Å². The van der Waals surface area contributed by atoms with Gasteiger partial charge in [-0.15, -0.1) is 0 Å². The molecule has 38 heavy (non-hydrogen) atoms. The number of rotatable bonds is 6. The van der Waals surface area contributed by atoms with Crippen LogP contribution < -0.4 is 22.1 Å². The molecule has 1 aromatic carbocycles. The van der Waals surface area contributed by atoms with Gasteiger partial charge in [-0.25, -0.2) is 9.59 Å². The molecule has 3 saturated heterocycles. The number of likely N-dealkylation sites (tertiary alicyclic amines) is 1. The van der Waals surface area contributed by atoms with E-state index in [1.165, 1.54) is 23.2 Å². The Labute approximate surface area is 223 Å². The summed E-state index contributed by atoms with van der Waals surface area (Å²) in [7, 11) is 0. The topological polar surface area (TPSA) is 129 Å². The first-order chi connectivity index (χ1) is 18.0. The van der Waals surface area contributed by atoms with Crippen LogP contribution in [0, 0.1) is 5.41 Å². The first-order valence-electron chi connectivity index (χ1n) is 13.3. The zero-order valence-corrected chi connectivity index (χ0v) is 22.4. The van der Waals surface area contributed by atoms with Gasteiger partial charge in [-0.3, -0.25) is 19.6 Å². The third kappa shape index (κ3) is 5.45. The van der Waals surface area contributed by atoms with Gasteiger partial charge in [0.15, 0.2) is 0 Å². The Hall–Kier alpha value is -3.28. The van der Waals surface area contributed by atoms with Gasteiger partial charge in [0.05, 0.1) is 11.2 Å². The minimum absolute atomic E-state index is 0.138. The van der Waals surface area contributed by atoms with E-state index in [0.29, 0.717) is 37.6 Å². The molecule has 0 bridgehead atoms. The summed E-state index contributed by atoms with van der Waals surface area (Å²) in [5.41, 5.74) is 6.98. The van der Waals surface area contributed by atoms with Crippen molar-refractivity contribution in [3.8, 4) is 5.69 Å². The molecule has 11 heteroatoms. The van der Waals surface area contributed by atoms with Crippen molar-refractivity contribution < 1.29 is 9.59 Å². The Bertz CT molecular complexity index is 1230. The molecular weight excluding hydrogens is 484 g/mol. The van der Waals surface area contributed by atoms with E-state index in [2.05, 4.69) is 39.6 Å². The van der Waals surface area contributed by atoms with Crippen molar-refractivity contribution in [1.29, 1.82) is 0 Å². The fraction of sp³-hybridized carbons (Fsp3) is 0.556. The molecule has 3 aliphatic rings. The van der Waals surface area contributed by atoms with Crippen LogP contribution in [0.25, 0.3) is 5.69 Å². The van der Waals surface area contributed by atoms with Crippen molar-refractivity contribution in [3.05, 3.63) is 52.6 Å². The first-order valence-corrected chi connectivity index (χ1v) is 13.3. The van der Waals surface area contributed by atoms with Crippen LogP contribution in [0.4, 0.5) is 10.6 Å². The van der Waals surface area contributed by atoms with Gasteiger partial charge in [-0.2, -0.15) is 4.98 Å². The number of hydrogen-bond acceptors (Lipinski definition) is 7. The van der Waals surface area contributed by atoms with Crippen LogP contribution in [0.1, 0.15) is 26.3 Å². The Balaban J connectivity index is 1.14. The van der Waals surface area contributed by atoms with Crippen molar-refractivity contribution >= 4 is 17.8 Å². The average Bonchev–Trinajstić information content (AvgIpc) is 2.82. The summed E-state index contributed by atoms with van der Waals surface area (Å²) in [6, 6.07) is 9.72. The smallest absolute Gasteiger partial charge is 0.338 e. The van der Waals surface area contributed by atoms with Gasteiger partial charge in [0.25, 0.3) is 0 Å². The lowest BCUT2D eigenvalue weighted by atomic mass is 9.73. The molecule has 1 spiro atoms. The van der Waals surface area contributed by atoms with Crippen LogP contribution in [-0.4, -0.2) is 100 Å². The zero-order chi connectivity index (χ0) is 27.1. The number of nitrogens with one attached hydrogen (secondary N) is 2. The number of carbonyl (C=O) groups is 2. The van der Waals surface area contributed by atoms with E-state index in [4.69, 9.17) is 5.73 Å². The molecule has 5 rings (SSSR count). The molecule has 3 fully saturated rings. The number of nitrogens with zero attached hydrogens (tertiary/aromatic N) is 5. The second-order valence-corrected chi connectivity index (χ2v) is 11.6. The lowest BCUT2D eigenvalue weighted by Gasteiger charge is -2.58. The van der Waals surface area contributed by atoms with E-state index in [1.807, 2.05) is 12.1 Å². The highest BCUT2D eigenvalue weighted by molar-refractivity contribution is 5.89. The first kappa shape index (κ1) is 26.3. The highest BCUT2D eigenvalue weighted by Crippen LogP contribution is 2.35. The van der Waals surface area contributed by atoms with Gasteiger partial charge in [-0.05, 0) is 51.0 Å². The Morgan fingerprint density at radius 2 is 1.71 bits per heavy atom. The maximum atomic E-state index is 12.7. The van der Waals surface area contributed by atoms with Gasteiger partial charge in [0.2, 0.25) is 5.91 Å². The van der Waals surface area contributed by atoms with Crippen LogP contribution in [0.15, 0.2) is 41.3 Å². The lowest BCUT2D eigenvalue weighted by molar-refractivity contribution is -0.137. The largest absolute Gasteiger partial charge is 0.354 e. The second kappa shape index (κ2) is 10.1. The van der Waals surface area contributed by atoms with Gasteiger partial charge >= 0.3 is 11.7 Å². The number of carbonyl (C=O) groups excluding carboxylic acids is 2. The molecule has 3 aliphatic heterocycles. The summed E-state index contributed by atoms with van der Waals surface area (Å²) >= 11 is 0. The van der Waals surface area contributed by atoms with Gasteiger partial charge in [0.1, 0.15) is 5.82 Å². The molecule has 4 N–H and O–H groups in total. The number of aromatic nitrogens is 2. The molecular formula is C27H38N8O3. The Morgan fingerprint density at radius 3 is 2.26 bits per heavy atom. The standard InChI is InChI=1S/C27H38N8O3/c1-19(34-17-27(18-34)15-29-16-27)14-20-4-6-21(7-5-20)35-9-8-22(31-25(35)38)30-24(37)33-12-10-32(11-13-33)23(36)26(2,3)28/h4-9,19,29H,10-18,28H2,1-3H3,(H,30,31,37,38). The number of benzene rings is 1. The molecule has 0 aliphatic carbocycles. The Morgan fingerprint density at radius 1 is 1.08 bits per heavy atom. The number of urea groups is 1. The van der Waals surface area contributed by atoms with E-state index in [1.54, 1.807) is 35.9 Å². The molecule has 3 amide bonds. The second-order valence-electron chi connectivity index (χ2n) is 11.6. The molecule has 0 saturated carbocycles. The molecule has 1 atom stereocenters. The van der Waals surface area contributed by atoms with Gasteiger partial charge in [0, 0.05) is 70.0 Å². The number of anilines is 1. The maximum absolute atomic E-state index is 12.7. The lowest BCUT2D eigenvalue weighted by Crippen LogP contribution is -2.72. The van der Waals surface area contributed by atoms with E-state index in [9.17, 15) is 14.4 Å². The summed E-state index contributed by atoms with van der Waals surface area (Å²) < 4.78 is 1.46. The minimum atomic E-state index is -0.942. The van der Waals surface area contributed by atoms with Gasteiger partial charge < -0.3 is 20.9 Å². The van der Waals surface area contributed by atoms with Crippen LogP contribution in [0.3, 0.4) is 0 Å². The van der Waals surface area contributed by atoms with Crippen molar-refractivity contribution in [2.75, 3.05) is 57.7 Å². The Kier molecular flexibility index (Phi) is 7.01. The van der Waals surface area contributed by atoms with Crippen LogP contribution >= 0.6 is 0 Å². The summed E-state index contributed by atoms with van der Waals surface area (Å²) in [6.07, 6.45) is 2.59. The van der Waals surface area contributed by atoms with Crippen LogP contribution in [0.5, 0.6) is 0 Å². The van der Waals surface area contributed by atoms with E-state index in [0.717, 1.165) is 25.2 Å². The van der Waals surface area contributed by atoms with Gasteiger partial charge in [-0.1, -0.05) is 12.1 Å². The van der Waals surface area contributed by atoms with Crippen molar-refractivity contribution in [2.24, 2.45) is 11.1 Å². The highest BCUT2D eigenvalue weighted by atomic mass is 16.2. The number of hydrogen-bond donors (Lipinski definition) is 3. The number of nitrogens with two attached hydrogens (primary N) is 1. The van der Waals surface area contributed by atoms with E-state index >= 15 is 0 Å². The third-order valence-corrected chi connectivity index (χ3v) is 7.89. The maximum Gasteiger partial charge on any atom is 0.354 e. The quantitative estimate of drug-likeness (QED) is 0.503. The van der Waals surface area contributed by atoms with E-state index < -0.39 is 11.2 Å². The predicted octanol–water partition coefficient (Wildman–Crippen LogP) is 0.482. The average molecular weight is 523 g/mol. The molecule has 1 unspecified atom stereocenters. The predicted molar refractivity (Wildman–Crippen MR) is 145 cm³/mol. The highest BCUT2D eigenvalue weighted by Gasteiger charge is 2.48. The van der Waals surface area contributed by atoms with Crippen LogP contribution in [0.2, 0.25) is 0 Å². The zero-order valence-electron chi connectivity index (χ0n) is 22.4. The van der Waals surface area contributed by atoms with Crippen LogP contribution in [-0.2, 0) is 11.2 Å². The van der Waals surface area contributed by atoms with Crippen molar-refractivity contribution in [3.63, 3.8) is 0 Å². The third-order valence-electron chi connectivity index (χ3n) is 7.89. The summed E-state index contributed by atoms with van der Waals surface area (Å²) in [5, 5.41) is 6.08. The molecule has 11 nitrogen and oxygen atoms in total. The monoisotopic (exact) mass is 522 g/mol. The van der Waals surface area contributed by atoms with Crippen molar-refractivity contribution in [1.82, 2.24) is 29.6 Å². The number of piperazine rings is 1. The summed E-state index contributed by atoms with van der Waals surface area (Å²) in [5.74, 6) is 0.0541. The normalized spacial score (nSPS) is 20.0. The molecule has 204 valence electrons. The number of amides is 3. The molecule has 0 radical (unpaired) electrons. The molecule has 2 aromatic rings. The summed E-state index contributed by atoms with van der Waals surface area (Å²) in [6.45, 7) is 11.8. The SMILES string of the molecule is CC(Cc1ccc(-n2ccc(NC(=O)N3CCN(C(=O)C(C)(C)N)CC3)nc2=O)cc1)N1CC2(CNC2)C1. The molecule has 4 heterocycles. The molecule has 1 aromatic heterocycles. The van der Waals surface area contributed by atoms with E-state index in [-0.39, 0.29) is 17.8 Å².